The van der Waals surface area contributed by atoms with Crippen molar-refractivity contribution in [2.45, 2.75) is 102 Å². The van der Waals surface area contributed by atoms with Gasteiger partial charge in [0.1, 0.15) is 10.4 Å². The summed E-state index contributed by atoms with van der Waals surface area (Å²) in [5, 5.41) is 16.9. The van der Waals surface area contributed by atoms with Gasteiger partial charge in [0.05, 0.1) is 5.02 Å². The van der Waals surface area contributed by atoms with Gasteiger partial charge in [0.2, 0.25) is 10.0 Å². The smallest absolute Gasteiger partial charge is 0.303 e. The van der Waals surface area contributed by atoms with Crippen LogP contribution >= 0.6 is 11.6 Å². The van der Waals surface area contributed by atoms with Gasteiger partial charge < -0.3 is 5.11 Å². The van der Waals surface area contributed by atoms with E-state index in [1.165, 1.54) is 38.2 Å². The first kappa shape index (κ1) is 28.4. The molecule has 10 heteroatoms. The molecule has 0 amide bonds. The first-order valence-electron chi connectivity index (χ1n) is 15.1. The number of nitrogens with zero attached hydrogens (tertiary/aromatic N) is 2. The first-order chi connectivity index (χ1) is 18.9. The van der Waals surface area contributed by atoms with Crippen LogP contribution < -0.4 is 4.72 Å². The van der Waals surface area contributed by atoms with E-state index in [1.807, 2.05) is 0 Å². The summed E-state index contributed by atoms with van der Waals surface area (Å²) in [7, 11) is -3.89. The molecule has 4 fully saturated rings. The summed E-state index contributed by atoms with van der Waals surface area (Å²) in [5.74, 6) is 2.99. The number of hydrogen-bond donors (Lipinski definition) is 2. The van der Waals surface area contributed by atoms with Crippen molar-refractivity contribution in [3.63, 3.8) is 0 Å². The van der Waals surface area contributed by atoms with E-state index in [2.05, 4.69) is 35.8 Å². The van der Waals surface area contributed by atoms with Gasteiger partial charge in [-0.15, -0.1) is 0 Å². The topological polar surface area (TPSA) is 122 Å². The molecule has 1 heterocycles. The van der Waals surface area contributed by atoms with Crippen LogP contribution in [0.2, 0.25) is 5.02 Å². The fourth-order valence-electron chi connectivity index (χ4n) is 10.2. The second-order valence-electron chi connectivity index (χ2n) is 13.9. The van der Waals surface area contributed by atoms with Crippen LogP contribution in [0, 0.1) is 46.3 Å². The summed E-state index contributed by atoms with van der Waals surface area (Å²) in [6.45, 7) is 7.28. The maximum absolute atomic E-state index is 13.5. The van der Waals surface area contributed by atoms with Crippen LogP contribution in [0.3, 0.4) is 0 Å². The van der Waals surface area contributed by atoms with Crippen molar-refractivity contribution in [1.82, 2.24) is 15.0 Å². The van der Waals surface area contributed by atoms with Crippen LogP contribution in [-0.2, 0) is 14.8 Å². The lowest BCUT2D eigenvalue weighted by Gasteiger charge is -2.61. The van der Waals surface area contributed by atoms with E-state index in [0.717, 1.165) is 43.9 Å². The number of carboxylic acid groups (broad SMARTS) is 1. The molecular weight excluding hydrogens is 550 g/mol. The zero-order valence-corrected chi connectivity index (χ0v) is 25.3. The van der Waals surface area contributed by atoms with Crippen molar-refractivity contribution < 1.29 is 22.9 Å². The van der Waals surface area contributed by atoms with Crippen LogP contribution in [-0.4, -0.2) is 35.8 Å². The Bertz CT molecular complexity index is 1400. The van der Waals surface area contributed by atoms with E-state index in [9.17, 15) is 18.3 Å². The van der Waals surface area contributed by atoms with Gasteiger partial charge in [-0.1, -0.05) is 32.4 Å². The molecule has 8 nitrogen and oxygen atoms in total. The molecular formula is C30H42ClN3O5S. The summed E-state index contributed by atoms with van der Waals surface area (Å²) >= 11 is 6.33. The molecule has 4 saturated carbocycles. The zero-order chi connectivity index (χ0) is 28.4. The van der Waals surface area contributed by atoms with Crippen LogP contribution in [0.4, 0.5) is 0 Å². The minimum Gasteiger partial charge on any atom is -0.481 e. The summed E-state index contributed by atoms with van der Waals surface area (Å²) < 4.78 is 34.7. The molecule has 0 bridgehead atoms. The minimum absolute atomic E-state index is 0.0510. The van der Waals surface area contributed by atoms with Gasteiger partial charge >= 0.3 is 5.97 Å². The van der Waals surface area contributed by atoms with Gasteiger partial charge in [0, 0.05) is 12.5 Å². The number of aromatic nitrogens is 2. The van der Waals surface area contributed by atoms with Crippen LogP contribution in [0.15, 0.2) is 21.7 Å². The van der Waals surface area contributed by atoms with Crippen molar-refractivity contribution in [2.75, 3.05) is 0 Å². The lowest BCUT2D eigenvalue weighted by atomic mass is 9.44. The molecule has 2 unspecified atom stereocenters. The summed E-state index contributed by atoms with van der Waals surface area (Å²) in [6.07, 6.45) is 11.1. The van der Waals surface area contributed by atoms with Crippen LogP contribution in [0.25, 0.3) is 11.0 Å². The van der Waals surface area contributed by atoms with Gasteiger partial charge in [0.25, 0.3) is 0 Å². The Morgan fingerprint density at radius 1 is 1.10 bits per heavy atom. The molecule has 1 aromatic carbocycles. The molecule has 0 saturated heterocycles. The maximum atomic E-state index is 13.5. The Labute approximate surface area is 242 Å². The lowest BCUT2D eigenvalue weighted by molar-refractivity contribution is -0.137. The highest BCUT2D eigenvalue weighted by Crippen LogP contribution is 2.68. The first-order valence-corrected chi connectivity index (χ1v) is 16.9. The molecule has 1 aromatic heterocycles. The van der Waals surface area contributed by atoms with E-state index < -0.39 is 16.0 Å². The number of hydrogen-bond acceptors (Lipinski definition) is 6. The third kappa shape index (κ3) is 4.58. The van der Waals surface area contributed by atoms with Gasteiger partial charge in [-0.25, -0.2) is 17.8 Å². The largest absolute Gasteiger partial charge is 0.481 e. The predicted octanol–water partition coefficient (Wildman–Crippen LogP) is 6.68. The Hall–Kier alpha value is -1.71. The van der Waals surface area contributed by atoms with Crippen molar-refractivity contribution in [3.05, 3.63) is 17.2 Å². The number of rotatable bonds is 7. The number of nitrogens with one attached hydrogen (secondary N) is 1. The molecule has 0 aliphatic heterocycles. The Morgan fingerprint density at radius 2 is 1.85 bits per heavy atom. The molecule has 6 rings (SSSR count). The van der Waals surface area contributed by atoms with E-state index in [1.54, 1.807) is 6.07 Å². The summed E-state index contributed by atoms with van der Waals surface area (Å²) in [4.78, 5) is 11.2. The third-order valence-corrected chi connectivity index (χ3v) is 14.2. The molecule has 4 aliphatic carbocycles. The molecule has 2 N–H and O–H groups in total. The van der Waals surface area contributed by atoms with Crippen LogP contribution in [0.5, 0.6) is 0 Å². The maximum Gasteiger partial charge on any atom is 0.303 e. The monoisotopic (exact) mass is 591 g/mol. The molecule has 2 aromatic rings. The van der Waals surface area contributed by atoms with Crippen molar-refractivity contribution in [3.8, 4) is 0 Å². The predicted molar refractivity (Wildman–Crippen MR) is 152 cm³/mol. The van der Waals surface area contributed by atoms with E-state index >= 15 is 0 Å². The fraction of sp³-hybridized carbons (Fsp3) is 0.767. The number of fused-ring (bicyclic) bond motifs is 6. The zero-order valence-electron chi connectivity index (χ0n) is 23.7. The minimum atomic E-state index is -3.89. The van der Waals surface area contributed by atoms with E-state index in [-0.39, 0.29) is 33.3 Å². The van der Waals surface area contributed by atoms with Crippen molar-refractivity contribution in [1.29, 1.82) is 0 Å². The number of carboxylic acids is 1. The number of halogens is 1. The average molecular weight is 592 g/mol. The lowest BCUT2D eigenvalue weighted by Crippen LogP contribution is -2.55. The van der Waals surface area contributed by atoms with E-state index in [4.69, 9.17) is 16.2 Å². The molecule has 0 spiro atoms. The second-order valence-corrected chi connectivity index (χ2v) is 16.0. The third-order valence-electron chi connectivity index (χ3n) is 12.2. The Morgan fingerprint density at radius 3 is 2.62 bits per heavy atom. The Balaban J connectivity index is 1.16. The number of carbonyl (C=O) groups is 1. The molecule has 9 atom stereocenters. The van der Waals surface area contributed by atoms with Crippen LogP contribution in [0.1, 0.15) is 91.4 Å². The highest BCUT2D eigenvalue weighted by Gasteiger charge is 2.60. The number of aliphatic carboxylic acids is 1. The highest BCUT2D eigenvalue weighted by atomic mass is 35.5. The summed E-state index contributed by atoms with van der Waals surface area (Å²) in [6, 6.07) is 3.00. The van der Waals surface area contributed by atoms with Crippen molar-refractivity contribution >= 4 is 38.6 Å². The molecule has 0 radical (unpaired) electrons. The normalized spacial score (nSPS) is 38.4. The van der Waals surface area contributed by atoms with Gasteiger partial charge in [-0.2, -0.15) is 0 Å². The molecule has 40 heavy (non-hydrogen) atoms. The average Bonchev–Trinajstić information content (AvgIpc) is 3.51. The summed E-state index contributed by atoms with van der Waals surface area (Å²) in [5.41, 5.74) is 1.07. The molecule has 4 aliphatic rings. The standard InChI is InChI=1S/C30H42ClN3O5S/c1-17(4-11-26(35)36)21-7-8-22-20-6-5-18-16-19(12-14-29(18,2)23(20)13-15-30(21,22)3)34-40(37,38)28-24(31)9-10-25-27(28)33-39-32-25/h9-10,17-23,34H,4-8,11-16H2,1-3H3,(H,35,36)/t17-,18-,19?,20+,21?,22+,23+,29+,30-/m1/s1. The van der Waals surface area contributed by atoms with Gasteiger partial charge in [-0.05, 0) is 133 Å². The van der Waals surface area contributed by atoms with Gasteiger partial charge in [-0.3, -0.25) is 4.79 Å². The van der Waals surface area contributed by atoms with Gasteiger partial charge in [0.15, 0.2) is 5.52 Å². The number of benzene rings is 1. The fourth-order valence-corrected chi connectivity index (χ4v) is 12.2. The SMILES string of the molecule is C[C@H](CCC(=O)O)C1CC[C@H]2[C@@H]3CC[C@@H]4CC(NS(=O)(=O)c5c(Cl)ccc6nonc56)CC[C@]4(C)[C@H]3CC[C@]12C. The number of sulfonamides is 1. The quantitative estimate of drug-likeness (QED) is 0.368. The van der Waals surface area contributed by atoms with E-state index in [0.29, 0.717) is 34.6 Å². The second kappa shape index (κ2) is 10.2. The Kier molecular flexibility index (Phi) is 7.27. The van der Waals surface area contributed by atoms with Crippen molar-refractivity contribution in [2.24, 2.45) is 46.3 Å². The molecule has 220 valence electrons. The highest BCUT2D eigenvalue weighted by molar-refractivity contribution is 7.89.